The topological polar surface area (TPSA) is 22.0 Å². The summed E-state index contributed by atoms with van der Waals surface area (Å²) >= 11 is 16.0. The largest absolute Gasteiger partial charge is 0.291 e. The van der Waals surface area contributed by atoms with Gasteiger partial charge in [-0.2, -0.15) is 0 Å². The second-order valence-corrected chi connectivity index (χ2v) is 4.17. The van der Waals surface area contributed by atoms with Crippen molar-refractivity contribution in [3.8, 4) is 0 Å². The third-order valence-electron chi connectivity index (χ3n) is 1.08. The van der Waals surface area contributed by atoms with Gasteiger partial charge in [-0.3, -0.25) is 9.36 Å². The Hall–Kier alpha value is -0.180. The number of halogens is 3. The Bertz CT molecular complexity index is 249. The smallest absolute Gasteiger partial charge is 0.282 e. The van der Waals surface area contributed by atoms with Crippen molar-refractivity contribution in [1.82, 2.24) is 4.57 Å². The number of aromatic nitrogens is 1. The molecule has 0 amide bonds. The quantitative estimate of drug-likeness (QED) is 0.606. The maximum Gasteiger partial charge on any atom is 0.282 e. The number of alkyl halides is 3. The minimum Gasteiger partial charge on any atom is -0.291 e. The fraction of sp³-hybridized carbons (Fsp3) is 0.167. The molecule has 0 aliphatic carbocycles. The monoisotopic (exact) mass is 211 g/mol. The van der Waals surface area contributed by atoms with Crippen molar-refractivity contribution in [2.75, 3.05) is 0 Å². The summed E-state index contributed by atoms with van der Waals surface area (Å²) in [6.07, 6.45) is 3.04. The highest BCUT2D eigenvalue weighted by atomic mass is 35.6. The lowest BCUT2D eigenvalue weighted by atomic mass is 10.6. The highest BCUT2D eigenvalue weighted by molar-refractivity contribution is 6.76. The summed E-state index contributed by atoms with van der Waals surface area (Å²) in [5, 5.41) is 0. The molecule has 0 aliphatic rings. The van der Waals surface area contributed by atoms with Gasteiger partial charge < -0.3 is 0 Å². The lowest BCUT2D eigenvalue weighted by molar-refractivity contribution is 0.0918. The summed E-state index contributed by atoms with van der Waals surface area (Å²) < 4.78 is -0.661. The minimum absolute atomic E-state index is 0.576. The molecule has 0 radical (unpaired) electrons. The van der Waals surface area contributed by atoms with Gasteiger partial charge in [-0.05, 0) is 12.1 Å². The molecule has 0 atom stereocenters. The van der Waals surface area contributed by atoms with Crippen molar-refractivity contribution in [3.05, 3.63) is 24.5 Å². The Kier molecular flexibility index (Phi) is 2.47. The third-order valence-corrected chi connectivity index (χ3v) is 1.57. The van der Waals surface area contributed by atoms with E-state index in [1.165, 1.54) is 17.0 Å². The lowest BCUT2D eigenvalue weighted by Crippen LogP contribution is -2.24. The first-order valence-corrected chi connectivity index (χ1v) is 3.89. The molecular weight excluding hydrogens is 208 g/mol. The van der Waals surface area contributed by atoms with E-state index in [1.807, 2.05) is 0 Å². The van der Waals surface area contributed by atoms with Crippen LogP contribution in [-0.4, -0.2) is 14.3 Å². The highest BCUT2D eigenvalue weighted by Gasteiger charge is 2.31. The Balaban J connectivity index is 2.88. The van der Waals surface area contributed by atoms with Crippen molar-refractivity contribution in [3.63, 3.8) is 0 Å². The van der Waals surface area contributed by atoms with Crippen molar-refractivity contribution in [2.24, 2.45) is 0 Å². The highest BCUT2D eigenvalue weighted by Crippen LogP contribution is 2.27. The molecule has 60 valence electrons. The van der Waals surface area contributed by atoms with E-state index < -0.39 is 9.70 Å². The van der Waals surface area contributed by atoms with Gasteiger partial charge >= 0.3 is 0 Å². The predicted octanol–water partition coefficient (Wildman–Crippen LogP) is 2.50. The van der Waals surface area contributed by atoms with Crippen LogP contribution in [-0.2, 0) is 0 Å². The summed E-state index contributed by atoms with van der Waals surface area (Å²) in [5.74, 6) is -0.576. The Morgan fingerprint density at radius 2 is 1.64 bits per heavy atom. The molecule has 11 heavy (non-hydrogen) atoms. The van der Waals surface area contributed by atoms with Crippen LogP contribution >= 0.6 is 34.8 Å². The third kappa shape index (κ3) is 2.12. The number of carbonyl (C=O) groups excluding carboxylic acids is 1. The van der Waals surface area contributed by atoms with Crippen molar-refractivity contribution in [1.29, 1.82) is 0 Å². The number of nitrogens with zero attached hydrogens (tertiary/aromatic N) is 1. The minimum atomic E-state index is -1.88. The zero-order valence-corrected chi connectivity index (χ0v) is 7.57. The number of hydrogen-bond donors (Lipinski definition) is 0. The van der Waals surface area contributed by atoms with Gasteiger partial charge in [-0.15, -0.1) is 0 Å². The molecule has 2 nitrogen and oxygen atoms in total. The van der Waals surface area contributed by atoms with Crippen LogP contribution in [0.3, 0.4) is 0 Å². The maximum absolute atomic E-state index is 11.1. The molecule has 0 saturated heterocycles. The van der Waals surface area contributed by atoms with Crippen molar-refractivity contribution < 1.29 is 4.79 Å². The summed E-state index contributed by atoms with van der Waals surface area (Å²) in [6, 6.07) is 3.35. The molecule has 1 aromatic rings. The molecule has 5 heteroatoms. The molecule has 1 heterocycles. The first-order valence-electron chi connectivity index (χ1n) is 2.76. The average Bonchev–Trinajstić information content (AvgIpc) is 2.34. The molecule has 0 aliphatic heterocycles. The molecule has 0 unspecified atom stereocenters. The first kappa shape index (κ1) is 8.91. The lowest BCUT2D eigenvalue weighted by Gasteiger charge is -2.08. The second-order valence-electron chi connectivity index (χ2n) is 1.89. The van der Waals surface area contributed by atoms with E-state index >= 15 is 0 Å². The van der Waals surface area contributed by atoms with Gasteiger partial charge in [-0.25, -0.2) is 0 Å². The number of rotatable bonds is 0. The van der Waals surface area contributed by atoms with Gasteiger partial charge in [0.05, 0.1) is 0 Å². The molecule has 1 rings (SSSR count). The Morgan fingerprint density at radius 3 is 2.00 bits per heavy atom. The molecule has 0 aromatic carbocycles. The molecule has 0 fully saturated rings. The van der Waals surface area contributed by atoms with Crippen molar-refractivity contribution >= 4 is 40.7 Å². The molecule has 0 N–H and O–H groups in total. The van der Waals surface area contributed by atoms with Crippen LogP contribution in [0, 0.1) is 0 Å². The molecule has 0 spiro atoms. The SMILES string of the molecule is O=C(n1cccc1)C(Cl)(Cl)Cl. The average molecular weight is 212 g/mol. The standard InChI is InChI=1S/C6H4Cl3NO/c7-6(8,9)5(11)10-3-1-2-4-10/h1-4H. The van der Waals surface area contributed by atoms with Crippen LogP contribution in [0.25, 0.3) is 0 Å². The van der Waals surface area contributed by atoms with E-state index in [0.717, 1.165) is 0 Å². The van der Waals surface area contributed by atoms with Crippen LogP contribution < -0.4 is 0 Å². The summed E-state index contributed by atoms with van der Waals surface area (Å²) in [5.41, 5.74) is 0. The molecular formula is C6H4Cl3NO. The van der Waals surface area contributed by atoms with Crippen LogP contribution in [0.15, 0.2) is 24.5 Å². The zero-order valence-electron chi connectivity index (χ0n) is 5.30. The van der Waals surface area contributed by atoms with E-state index in [4.69, 9.17) is 34.8 Å². The van der Waals surface area contributed by atoms with E-state index in [2.05, 4.69) is 0 Å². The van der Waals surface area contributed by atoms with Crippen LogP contribution in [0.1, 0.15) is 4.79 Å². The Morgan fingerprint density at radius 1 is 1.18 bits per heavy atom. The summed E-state index contributed by atoms with van der Waals surface area (Å²) in [4.78, 5) is 11.1. The maximum atomic E-state index is 11.1. The first-order chi connectivity index (χ1) is 5.02. The van der Waals surface area contributed by atoms with Gasteiger partial charge in [0, 0.05) is 12.4 Å². The van der Waals surface area contributed by atoms with Gasteiger partial charge in [0.2, 0.25) is 0 Å². The van der Waals surface area contributed by atoms with Gasteiger partial charge in [0.15, 0.2) is 0 Å². The second kappa shape index (κ2) is 3.05. The van der Waals surface area contributed by atoms with Gasteiger partial charge in [-0.1, -0.05) is 34.8 Å². The van der Waals surface area contributed by atoms with Crippen LogP contribution in [0.5, 0.6) is 0 Å². The Labute approximate surface area is 78.7 Å². The normalized spacial score (nSPS) is 11.5. The van der Waals surface area contributed by atoms with E-state index in [1.54, 1.807) is 12.1 Å². The molecule has 0 saturated carbocycles. The predicted molar refractivity (Wildman–Crippen MR) is 45.3 cm³/mol. The molecule has 0 bridgehead atoms. The van der Waals surface area contributed by atoms with Gasteiger partial charge in [0.25, 0.3) is 9.70 Å². The fourth-order valence-corrected chi connectivity index (χ4v) is 0.909. The molecule has 1 aromatic heterocycles. The number of carbonyl (C=O) groups is 1. The van der Waals surface area contributed by atoms with Gasteiger partial charge in [0.1, 0.15) is 0 Å². The zero-order chi connectivity index (χ0) is 8.48. The van der Waals surface area contributed by atoms with Crippen molar-refractivity contribution in [2.45, 2.75) is 3.79 Å². The summed E-state index contributed by atoms with van der Waals surface area (Å²) in [7, 11) is 0. The van der Waals surface area contributed by atoms with E-state index in [-0.39, 0.29) is 0 Å². The van der Waals surface area contributed by atoms with E-state index in [9.17, 15) is 4.79 Å². The number of hydrogen-bond acceptors (Lipinski definition) is 1. The fourth-order valence-electron chi connectivity index (χ4n) is 0.616. The van der Waals surface area contributed by atoms with Crippen LogP contribution in [0.2, 0.25) is 0 Å². The van der Waals surface area contributed by atoms with E-state index in [0.29, 0.717) is 0 Å². The summed E-state index contributed by atoms with van der Waals surface area (Å²) in [6.45, 7) is 0. The van der Waals surface area contributed by atoms with Crippen LogP contribution in [0.4, 0.5) is 0 Å².